The van der Waals surface area contributed by atoms with E-state index >= 15 is 0 Å². The molecule has 2 rings (SSSR count). The molecule has 0 spiro atoms. The van der Waals surface area contributed by atoms with Crippen molar-refractivity contribution in [3.8, 4) is 0 Å². The zero-order chi connectivity index (χ0) is 13.9. The number of hydrogen-bond acceptors (Lipinski definition) is 2. The van der Waals surface area contributed by atoms with Gasteiger partial charge in [-0.2, -0.15) is 0 Å². The van der Waals surface area contributed by atoms with Crippen LogP contribution in [0.4, 0.5) is 5.69 Å². The molecular weight excluding hydrogens is 236 g/mol. The lowest BCUT2D eigenvalue weighted by molar-refractivity contribution is -0.125. The topological polar surface area (TPSA) is 41.1 Å². The molecule has 0 bridgehead atoms. The van der Waals surface area contributed by atoms with Crippen LogP contribution in [0.1, 0.15) is 37.3 Å². The Morgan fingerprint density at radius 2 is 2.05 bits per heavy atom. The van der Waals surface area contributed by atoms with Crippen molar-refractivity contribution in [2.45, 2.75) is 40.0 Å². The zero-order valence-corrected chi connectivity index (χ0v) is 12.2. The summed E-state index contributed by atoms with van der Waals surface area (Å²) >= 11 is 0. The van der Waals surface area contributed by atoms with Crippen LogP contribution < -0.4 is 10.6 Å². The Bertz CT molecular complexity index is 442. The summed E-state index contributed by atoms with van der Waals surface area (Å²) in [6.45, 7) is 7.98. The van der Waals surface area contributed by atoms with Crippen LogP contribution in [-0.2, 0) is 4.79 Å². The number of carbonyl (C=O) groups is 1. The van der Waals surface area contributed by atoms with Crippen LogP contribution in [0.2, 0.25) is 0 Å². The molecule has 3 nitrogen and oxygen atoms in total. The Balaban J connectivity index is 2.20. The van der Waals surface area contributed by atoms with E-state index < -0.39 is 0 Å². The summed E-state index contributed by atoms with van der Waals surface area (Å²) in [4.78, 5) is 12.7. The summed E-state index contributed by atoms with van der Waals surface area (Å²) in [6.07, 6.45) is 2.94. The predicted octanol–water partition coefficient (Wildman–Crippen LogP) is 3.02. The normalized spacial score (nSPS) is 22.5. The van der Waals surface area contributed by atoms with Gasteiger partial charge in [0, 0.05) is 12.2 Å². The summed E-state index contributed by atoms with van der Waals surface area (Å²) in [7, 11) is 0. The lowest BCUT2D eigenvalue weighted by atomic mass is 9.81. The van der Waals surface area contributed by atoms with Crippen molar-refractivity contribution in [1.82, 2.24) is 5.32 Å². The second kappa shape index (κ2) is 5.74. The molecule has 0 saturated carbocycles. The minimum Gasteiger partial charge on any atom is -0.325 e. The number of aryl methyl sites for hydroxylation is 2. The highest BCUT2D eigenvalue weighted by Gasteiger charge is 2.40. The molecule has 1 saturated heterocycles. The molecule has 1 amide bonds. The number of para-hydroxylation sites is 1. The SMILES string of the molecule is CCCC1(C(=O)Nc2c(C)cccc2C)CCNC1. The molecule has 104 valence electrons. The molecule has 0 aliphatic carbocycles. The fourth-order valence-corrected chi connectivity index (χ4v) is 3.00. The monoisotopic (exact) mass is 260 g/mol. The van der Waals surface area contributed by atoms with Crippen LogP contribution in [0, 0.1) is 19.3 Å². The third kappa shape index (κ3) is 2.81. The van der Waals surface area contributed by atoms with E-state index in [1.165, 1.54) is 0 Å². The van der Waals surface area contributed by atoms with Gasteiger partial charge in [-0.1, -0.05) is 31.5 Å². The number of rotatable bonds is 4. The van der Waals surface area contributed by atoms with Gasteiger partial charge in [-0.15, -0.1) is 0 Å². The first kappa shape index (κ1) is 14.1. The molecule has 1 aromatic rings. The van der Waals surface area contributed by atoms with Crippen molar-refractivity contribution in [1.29, 1.82) is 0 Å². The summed E-state index contributed by atoms with van der Waals surface area (Å²) in [5.41, 5.74) is 3.02. The van der Waals surface area contributed by atoms with Gasteiger partial charge in [-0.25, -0.2) is 0 Å². The third-order valence-corrected chi connectivity index (χ3v) is 4.17. The standard InChI is InChI=1S/C16H24N2O/c1-4-8-16(9-10-17-11-16)15(19)18-14-12(2)6-5-7-13(14)3/h5-7,17H,4,8-11H2,1-3H3,(H,18,19). The van der Waals surface area contributed by atoms with Crippen LogP contribution in [0.15, 0.2) is 18.2 Å². The molecule has 1 aliphatic heterocycles. The van der Waals surface area contributed by atoms with Gasteiger partial charge in [-0.3, -0.25) is 4.79 Å². The minimum absolute atomic E-state index is 0.178. The van der Waals surface area contributed by atoms with Crippen LogP contribution in [-0.4, -0.2) is 19.0 Å². The maximum atomic E-state index is 12.7. The van der Waals surface area contributed by atoms with Crippen molar-refractivity contribution in [2.24, 2.45) is 5.41 Å². The summed E-state index contributed by atoms with van der Waals surface area (Å²) < 4.78 is 0. The van der Waals surface area contributed by atoms with Crippen LogP contribution in [0.3, 0.4) is 0 Å². The Labute approximate surface area is 115 Å². The lowest BCUT2D eigenvalue weighted by Gasteiger charge is -2.27. The Morgan fingerprint density at radius 1 is 1.37 bits per heavy atom. The van der Waals surface area contributed by atoms with Gasteiger partial charge in [-0.05, 0) is 44.4 Å². The van der Waals surface area contributed by atoms with Gasteiger partial charge in [0.1, 0.15) is 0 Å². The number of hydrogen-bond donors (Lipinski definition) is 2. The van der Waals surface area contributed by atoms with E-state index in [0.29, 0.717) is 0 Å². The maximum absolute atomic E-state index is 12.7. The van der Waals surface area contributed by atoms with E-state index in [1.807, 2.05) is 32.0 Å². The van der Waals surface area contributed by atoms with Crippen molar-refractivity contribution in [3.63, 3.8) is 0 Å². The summed E-state index contributed by atoms with van der Waals surface area (Å²) in [6, 6.07) is 6.11. The molecule has 1 unspecified atom stereocenters. The van der Waals surface area contributed by atoms with Gasteiger partial charge in [0.05, 0.1) is 5.41 Å². The Hall–Kier alpha value is -1.35. The van der Waals surface area contributed by atoms with E-state index in [4.69, 9.17) is 0 Å². The number of carbonyl (C=O) groups excluding carboxylic acids is 1. The molecular formula is C16H24N2O. The molecule has 1 heterocycles. The number of anilines is 1. The van der Waals surface area contributed by atoms with E-state index in [1.54, 1.807) is 0 Å². The maximum Gasteiger partial charge on any atom is 0.231 e. The molecule has 0 radical (unpaired) electrons. The Kier molecular flexibility index (Phi) is 4.25. The highest BCUT2D eigenvalue weighted by Crippen LogP contribution is 2.33. The van der Waals surface area contributed by atoms with Gasteiger partial charge in [0.15, 0.2) is 0 Å². The molecule has 1 aromatic carbocycles. The first-order valence-corrected chi connectivity index (χ1v) is 7.17. The largest absolute Gasteiger partial charge is 0.325 e. The van der Waals surface area contributed by atoms with Crippen molar-refractivity contribution >= 4 is 11.6 Å². The van der Waals surface area contributed by atoms with Gasteiger partial charge in [0.2, 0.25) is 5.91 Å². The molecule has 1 aliphatic rings. The van der Waals surface area contributed by atoms with Crippen molar-refractivity contribution in [3.05, 3.63) is 29.3 Å². The predicted molar refractivity (Wildman–Crippen MR) is 79.4 cm³/mol. The number of benzene rings is 1. The van der Waals surface area contributed by atoms with Crippen molar-refractivity contribution in [2.75, 3.05) is 18.4 Å². The number of amides is 1. The molecule has 0 aromatic heterocycles. The first-order valence-electron chi connectivity index (χ1n) is 7.17. The fraction of sp³-hybridized carbons (Fsp3) is 0.562. The van der Waals surface area contributed by atoms with Gasteiger partial charge in [0.25, 0.3) is 0 Å². The smallest absolute Gasteiger partial charge is 0.231 e. The average molecular weight is 260 g/mol. The zero-order valence-electron chi connectivity index (χ0n) is 12.2. The van der Waals surface area contributed by atoms with Gasteiger partial charge < -0.3 is 10.6 Å². The summed E-state index contributed by atoms with van der Waals surface area (Å²) in [5, 5.41) is 6.50. The Morgan fingerprint density at radius 3 is 2.58 bits per heavy atom. The fourth-order valence-electron chi connectivity index (χ4n) is 3.00. The number of nitrogens with one attached hydrogen (secondary N) is 2. The second-order valence-electron chi connectivity index (χ2n) is 5.68. The lowest BCUT2D eigenvalue weighted by Crippen LogP contribution is -2.38. The molecule has 2 N–H and O–H groups in total. The minimum atomic E-state index is -0.219. The highest BCUT2D eigenvalue weighted by molar-refractivity contribution is 5.97. The van der Waals surface area contributed by atoms with Gasteiger partial charge >= 0.3 is 0 Å². The molecule has 1 atom stereocenters. The van der Waals surface area contributed by atoms with E-state index in [2.05, 4.69) is 17.6 Å². The molecule has 3 heteroatoms. The van der Waals surface area contributed by atoms with Crippen LogP contribution in [0.5, 0.6) is 0 Å². The molecule has 1 fully saturated rings. The van der Waals surface area contributed by atoms with E-state index in [9.17, 15) is 4.79 Å². The average Bonchev–Trinajstić information content (AvgIpc) is 2.84. The van der Waals surface area contributed by atoms with Crippen LogP contribution in [0.25, 0.3) is 0 Å². The van der Waals surface area contributed by atoms with E-state index in [-0.39, 0.29) is 11.3 Å². The second-order valence-corrected chi connectivity index (χ2v) is 5.68. The van der Waals surface area contributed by atoms with E-state index in [0.717, 1.165) is 49.2 Å². The molecule has 19 heavy (non-hydrogen) atoms. The van der Waals surface area contributed by atoms with Crippen molar-refractivity contribution < 1.29 is 4.79 Å². The van der Waals surface area contributed by atoms with Crippen LogP contribution >= 0.6 is 0 Å². The highest BCUT2D eigenvalue weighted by atomic mass is 16.2. The summed E-state index contributed by atoms with van der Waals surface area (Å²) in [5.74, 6) is 0.178. The quantitative estimate of drug-likeness (QED) is 0.873. The first-order chi connectivity index (χ1) is 9.09. The third-order valence-electron chi connectivity index (χ3n) is 4.17.